The standard InChI is InChI=1S/C26H34N4O2/c1-20-13-16-29(17-14-20)18-21-6-5-15-30(19-21)25(31)22-9-11-24(12-10-22)28-26(32)27-23-7-3-2-4-8-23/h2-4,7-12,20-21H,5-6,13-19H2,1H3,(H2,27,28,32). The molecule has 2 aliphatic rings. The molecule has 1 atom stereocenters. The molecule has 0 saturated carbocycles. The Morgan fingerprint density at radius 3 is 2.22 bits per heavy atom. The number of likely N-dealkylation sites (tertiary alicyclic amines) is 2. The molecule has 2 N–H and O–H groups in total. The van der Waals surface area contributed by atoms with Crippen LogP contribution in [0.5, 0.6) is 0 Å². The van der Waals surface area contributed by atoms with Crippen LogP contribution in [-0.2, 0) is 0 Å². The fourth-order valence-electron chi connectivity index (χ4n) is 4.70. The molecule has 6 heteroatoms. The summed E-state index contributed by atoms with van der Waals surface area (Å²) in [5, 5.41) is 5.60. The number of nitrogens with zero attached hydrogens (tertiary/aromatic N) is 2. The first-order valence-electron chi connectivity index (χ1n) is 11.8. The molecule has 0 aliphatic carbocycles. The maximum atomic E-state index is 13.1. The van der Waals surface area contributed by atoms with Crippen LogP contribution >= 0.6 is 0 Å². The van der Waals surface area contributed by atoms with Gasteiger partial charge in [-0.2, -0.15) is 0 Å². The van der Waals surface area contributed by atoms with Gasteiger partial charge in [-0.3, -0.25) is 4.79 Å². The van der Waals surface area contributed by atoms with Gasteiger partial charge < -0.3 is 20.4 Å². The Morgan fingerprint density at radius 1 is 0.875 bits per heavy atom. The van der Waals surface area contributed by atoms with Crippen molar-refractivity contribution in [3.05, 3.63) is 60.2 Å². The fourth-order valence-corrected chi connectivity index (χ4v) is 4.70. The molecule has 6 nitrogen and oxygen atoms in total. The van der Waals surface area contributed by atoms with E-state index in [-0.39, 0.29) is 11.9 Å². The summed E-state index contributed by atoms with van der Waals surface area (Å²) in [6.07, 6.45) is 4.85. The Hall–Kier alpha value is -2.86. The number of piperidine rings is 2. The van der Waals surface area contributed by atoms with Gasteiger partial charge in [0.05, 0.1) is 0 Å². The molecule has 2 heterocycles. The summed E-state index contributed by atoms with van der Waals surface area (Å²) in [6.45, 7) is 7.50. The van der Waals surface area contributed by atoms with E-state index in [0.717, 1.165) is 37.7 Å². The molecule has 2 saturated heterocycles. The van der Waals surface area contributed by atoms with Crippen LogP contribution in [0, 0.1) is 11.8 Å². The Bertz CT molecular complexity index is 892. The van der Waals surface area contributed by atoms with Crippen molar-refractivity contribution in [1.82, 2.24) is 9.80 Å². The third-order valence-electron chi connectivity index (χ3n) is 6.62. The summed E-state index contributed by atoms with van der Waals surface area (Å²) in [7, 11) is 0. The summed E-state index contributed by atoms with van der Waals surface area (Å²) in [6, 6.07) is 16.2. The SMILES string of the molecule is CC1CCN(CC2CCCN(C(=O)c3ccc(NC(=O)Nc4ccccc4)cc3)C2)CC1. The van der Waals surface area contributed by atoms with E-state index in [1.54, 1.807) is 24.3 Å². The number of benzene rings is 2. The predicted octanol–water partition coefficient (Wildman–Crippen LogP) is 4.91. The Balaban J connectivity index is 1.28. The predicted molar refractivity (Wildman–Crippen MR) is 129 cm³/mol. The van der Waals surface area contributed by atoms with E-state index in [9.17, 15) is 9.59 Å². The largest absolute Gasteiger partial charge is 0.338 e. The second kappa shape index (κ2) is 10.6. The number of rotatable bonds is 5. The molecule has 2 aliphatic heterocycles. The lowest BCUT2D eigenvalue weighted by Gasteiger charge is -2.38. The monoisotopic (exact) mass is 434 g/mol. The summed E-state index contributed by atoms with van der Waals surface area (Å²) in [4.78, 5) is 29.8. The third kappa shape index (κ3) is 6.10. The van der Waals surface area contributed by atoms with Gasteiger partial charge in [0.2, 0.25) is 0 Å². The number of hydrogen-bond acceptors (Lipinski definition) is 3. The second-order valence-electron chi connectivity index (χ2n) is 9.27. The minimum atomic E-state index is -0.304. The first-order valence-corrected chi connectivity index (χ1v) is 11.8. The maximum Gasteiger partial charge on any atom is 0.323 e. The van der Waals surface area contributed by atoms with Gasteiger partial charge in [0, 0.05) is 36.6 Å². The zero-order chi connectivity index (χ0) is 22.3. The molecule has 2 aromatic rings. The first-order chi connectivity index (χ1) is 15.6. The number of nitrogens with one attached hydrogen (secondary N) is 2. The molecular formula is C26H34N4O2. The molecule has 2 fully saturated rings. The van der Waals surface area contributed by atoms with Gasteiger partial charge in [-0.25, -0.2) is 4.79 Å². The highest BCUT2D eigenvalue weighted by Crippen LogP contribution is 2.23. The topological polar surface area (TPSA) is 64.7 Å². The van der Waals surface area contributed by atoms with E-state index in [1.807, 2.05) is 35.2 Å². The fraction of sp³-hybridized carbons (Fsp3) is 0.462. The van der Waals surface area contributed by atoms with Gasteiger partial charge in [-0.05, 0) is 87.0 Å². The first kappa shape index (κ1) is 22.3. The highest BCUT2D eigenvalue weighted by Gasteiger charge is 2.27. The van der Waals surface area contributed by atoms with E-state index in [2.05, 4.69) is 22.5 Å². The Labute approximate surface area is 191 Å². The van der Waals surface area contributed by atoms with Crippen LogP contribution in [0.25, 0.3) is 0 Å². The number of carbonyl (C=O) groups excluding carboxylic acids is 2. The molecule has 0 aromatic heterocycles. The Kier molecular flexibility index (Phi) is 7.43. The van der Waals surface area contributed by atoms with Gasteiger partial charge in [-0.15, -0.1) is 0 Å². The lowest BCUT2D eigenvalue weighted by Crippen LogP contribution is -2.45. The molecule has 32 heavy (non-hydrogen) atoms. The van der Waals surface area contributed by atoms with Crippen LogP contribution in [0.2, 0.25) is 0 Å². The van der Waals surface area contributed by atoms with Crippen LogP contribution in [0.15, 0.2) is 54.6 Å². The normalized spacial score (nSPS) is 20.0. The van der Waals surface area contributed by atoms with E-state index in [0.29, 0.717) is 17.2 Å². The molecular weight excluding hydrogens is 400 g/mol. The molecule has 4 rings (SSSR count). The quantitative estimate of drug-likeness (QED) is 0.702. The van der Waals surface area contributed by atoms with Crippen molar-refractivity contribution >= 4 is 23.3 Å². The molecule has 0 radical (unpaired) electrons. The van der Waals surface area contributed by atoms with Crippen molar-refractivity contribution in [2.45, 2.75) is 32.6 Å². The van der Waals surface area contributed by atoms with Crippen LogP contribution in [0.1, 0.15) is 43.0 Å². The number of carbonyl (C=O) groups is 2. The highest BCUT2D eigenvalue weighted by molar-refractivity contribution is 6.00. The molecule has 3 amide bonds. The van der Waals surface area contributed by atoms with Gasteiger partial charge >= 0.3 is 6.03 Å². The lowest BCUT2D eigenvalue weighted by molar-refractivity contribution is 0.0622. The number of amides is 3. The zero-order valence-corrected chi connectivity index (χ0v) is 18.9. The average molecular weight is 435 g/mol. The van der Waals surface area contributed by atoms with Crippen molar-refractivity contribution in [2.75, 3.05) is 43.4 Å². The van der Waals surface area contributed by atoms with Crippen LogP contribution in [0.3, 0.4) is 0 Å². The zero-order valence-electron chi connectivity index (χ0n) is 18.9. The van der Waals surface area contributed by atoms with Gasteiger partial charge in [0.1, 0.15) is 0 Å². The maximum absolute atomic E-state index is 13.1. The molecule has 0 bridgehead atoms. The molecule has 2 aromatic carbocycles. The van der Waals surface area contributed by atoms with Gasteiger partial charge in [-0.1, -0.05) is 25.1 Å². The highest BCUT2D eigenvalue weighted by atomic mass is 16.2. The van der Waals surface area contributed by atoms with E-state index in [4.69, 9.17) is 0 Å². The van der Waals surface area contributed by atoms with Crippen molar-refractivity contribution in [2.24, 2.45) is 11.8 Å². The van der Waals surface area contributed by atoms with Crippen molar-refractivity contribution in [1.29, 1.82) is 0 Å². The second-order valence-corrected chi connectivity index (χ2v) is 9.27. The van der Waals surface area contributed by atoms with Gasteiger partial charge in [0.25, 0.3) is 5.91 Å². The minimum absolute atomic E-state index is 0.0854. The number of hydrogen-bond donors (Lipinski definition) is 2. The molecule has 1 unspecified atom stereocenters. The van der Waals surface area contributed by atoms with E-state index in [1.165, 1.54) is 32.4 Å². The van der Waals surface area contributed by atoms with E-state index >= 15 is 0 Å². The van der Waals surface area contributed by atoms with Crippen LogP contribution < -0.4 is 10.6 Å². The number of para-hydroxylation sites is 1. The van der Waals surface area contributed by atoms with Gasteiger partial charge in [0.15, 0.2) is 0 Å². The van der Waals surface area contributed by atoms with Crippen molar-refractivity contribution < 1.29 is 9.59 Å². The van der Waals surface area contributed by atoms with Crippen molar-refractivity contribution in [3.8, 4) is 0 Å². The Morgan fingerprint density at radius 2 is 1.53 bits per heavy atom. The number of anilines is 2. The van der Waals surface area contributed by atoms with Crippen molar-refractivity contribution in [3.63, 3.8) is 0 Å². The van der Waals surface area contributed by atoms with Crippen LogP contribution in [-0.4, -0.2) is 54.5 Å². The summed E-state index contributed by atoms with van der Waals surface area (Å²) in [5.41, 5.74) is 2.06. The molecule has 170 valence electrons. The summed E-state index contributed by atoms with van der Waals surface area (Å²) < 4.78 is 0. The smallest absolute Gasteiger partial charge is 0.323 e. The molecule has 0 spiro atoms. The van der Waals surface area contributed by atoms with Crippen LogP contribution in [0.4, 0.5) is 16.2 Å². The minimum Gasteiger partial charge on any atom is -0.338 e. The summed E-state index contributed by atoms with van der Waals surface area (Å²) in [5.74, 6) is 1.49. The summed E-state index contributed by atoms with van der Waals surface area (Å²) >= 11 is 0. The average Bonchev–Trinajstić information content (AvgIpc) is 2.81. The number of urea groups is 1. The third-order valence-corrected chi connectivity index (χ3v) is 6.62. The van der Waals surface area contributed by atoms with E-state index < -0.39 is 0 Å². The lowest BCUT2D eigenvalue weighted by atomic mass is 9.94.